The number of hydrogen-bond acceptors (Lipinski definition) is 6. The second-order valence-corrected chi connectivity index (χ2v) is 7.08. The number of carbonyl (C=O) groups is 1. The maximum Gasteiger partial charge on any atom is 0.255 e. The Morgan fingerprint density at radius 2 is 1.62 bits per heavy atom. The molecule has 1 N–H and O–H groups in total. The third-order valence-corrected chi connectivity index (χ3v) is 4.90. The number of carbonyl (C=O) groups excluding carboxylic acids is 1. The van der Waals surface area contributed by atoms with Gasteiger partial charge in [-0.2, -0.15) is 0 Å². The van der Waals surface area contributed by atoms with Crippen molar-refractivity contribution in [3.8, 4) is 23.0 Å². The molecule has 1 aromatic heterocycles. The van der Waals surface area contributed by atoms with E-state index in [9.17, 15) is 9.59 Å². The average molecular weight is 431 g/mol. The first kappa shape index (κ1) is 21.0. The van der Waals surface area contributed by atoms with E-state index in [0.717, 1.165) is 5.56 Å². The van der Waals surface area contributed by atoms with Crippen LogP contribution in [0.2, 0.25) is 0 Å². The van der Waals surface area contributed by atoms with Gasteiger partial charge in [-0.25, -0.2) is 0 Å². The lowest BCUT2D eigenvalue weighted by atomic mass is 10.1. The second kappa shape index (κ2) is 8.85. The molecule has 0 spiro atoms. The van der Waals surface area contributed by atoms with E-state index < -0.39 is 0 Å². The van der Waals surface area contributed by atoms with E-state index >= 15 is 0 Å². The van der Waals surface area contributed by atoms with E-state index in [0.29, 0.717) is 39.5 Å². The molecule has 1 amide bonds. The zero-order valence-electron chi connectivity index (χ0n) is 17.8. The molecule has 0 aliphatic heterocycles. The number of rotatable bonds is 6. The van der Waals surface area contributed by atoms with Crippen molar-refractivity contribution in [1.82, 2.24) is 0 Å². The minimum Gasteiger partial charge on any atom is -0.497 e. The molecule has 0 unspecified atom stereocenters. The largest absolute Gasteiger partial charge is 0.497 e. The molecule has 0 saturated heterocycles. The van der Waals surface area contributed by atoms with Crippen molar-refractivity contribution in [2.75, 3.05) is 19.5 Å². The van der Waals surface area contributed by atoms with Crippen molar-refractivity contribution in [3.05, 3.63) is 88.3 Å². The summed E-state index contributed by atoms with van der Waals surface area (Å²) in [6.45, 7) is 1.93. The van der Waals surface area contributed by atoms with Gasteiger partial charge in [-0.1, -0.05) is 6.07 Å². The van der Waals surface area contributed by atoms with Crippen molar-refractivity contribution in [3.63, 3.8) is 0 Å². The first-order valence-corrected chi connectivity index (χ1v) is 9.82. The molecule has 162 valence electrons. The Kier molecular flexibility index (Phi) is 5.81. The van der Waals surface area contributed by atoms with Crippen LogP contribution in [0, 0.1) is 6.92 Å². The highest BCUT2D eigenvalue weighted by atomic mass is 16.5. The molecule has 4 aromatic rings. The zero-order chi connectivity index (χ0) is 22.7. The molecule has 1 heterocycles. The van der Waals surface area contributed by atoms with Gasteiger partial charge in [0.05, 0.1) is 25.3 Å². The van der Waals surface area contributed by atoms with E-state index in [1.165, 1.54) is 13.4 Å². The summed E-state index contributed by atoms with van der Waals surface area (Å²) in [5.41, 5.74) is 2.11. The van der Waals surface area contributed by atoms with Crippen molar-refractivity contribution in [1.29, 1.82) is 0 Å². The predicted octanol–water partition coefficient (Wildman–Crippen LogP) is 5.16. The lowest BCUT2D eigenvalue weighted by Gasteiger charge is -2.11. The summed E-state index contributed by atoms with van der Waals surface area (Å²) >= 11 is 0. The molecule has 0 saturated carbocycles. The van der Waals surface area contributed by atoms with E-state index in [4.69, 9.17) is 18.6 Å². The first-order chi connectivity index (χ1) is 15.5. The monoisotopic (exact) mass is 431 g/mol. The standard InChI is InChI=1S/C25H21NO6/c1-15-4-11-21(30-3)20(12-15)26-25(28)16-5-7-17(8-6-16)32-23-14-31-22-13-18(29-2)9-10-19(22)24(23)27/h4-14H,1-3H3,(H,26,28). The van der Waals surface area contributed by atoms with Crippen LogP contribution in [0.3, 0.4) is 0 Å². The third kappa shape index (κ3) is 4.27. The van der Waals surface area contributed by atoms with Gasteiger partial charge in [-0.05, 0) is 61.0 Å². The van der Waals surface area contributed by atoms with Crippen LogP contribution in [0.5, 0.6) is 23.0 Å². The lowest BCUT2D eigenvalue weighted by Crippen LogP contribution is -2.12. The van der Waals surface area contributed by atoms with Crippen LogP contribution in [0.25, 0.3) is 11.0 Å². The summed E-state index contributed by atoms with van der Waals surface area (Å²) in [4.78, 5) is 25.3. The molecular weight excluding hydrogens is 410 g/mol. The molecule has 7 heteroatoms. The van der Waals surface area contributed by atoms with Gasteiger partial charge in [0.2, 0.25) is 11.2 Å². The summed E-state index contributed by atoms with van der Waals surface area (Å²) in [5, 5.41) is 3.23. The zero-order valence-corrected chi connectivity index (χ0v) is 17.8. The maximum absolute atomic E-state index is 12.7. The highest BCUT2D eigenvalue weighted by molar-refractivity contribution is 6.05. The highest BCUT2D eigenvalue weighted by Gasteiger charge is 2.13. The topological polar surface area (TPSA) is 87.0 Å². The van der Waals surface area contributed by atoms with Crippen LogP contribution in [-0.2, 0) is 0 Å². The fourth-order valence-electron chi connectivity index (χ4n) is 3.20. The molecule has 7 nitrogen and oxygen atoms in total. The Labute approximate surface area is 184 Å². The quantitative estimate of drug-likeness (QED) is 0.454. The summed E-state index contributed by atoms with van der Waals surface area (Å²) < 4.78 is 21.6. The Hall–Kier alpha value is -4.26. The normalized spacial score (nSPS) is 10.6. The van der Waals surface area contributed by atoms with Crippen LogP contribution >= 0.6 is 0 Å². The third-order valence-electron chi connectivity index (χ3n) is 4.90. The highest BCUT2D eigenvalue weighted by Crippen LogP contribution is 2.27. The van der Waals surface area contributed by atoms with Gasteiger partial charge < -0.3 is 23.9 Å². The number of amides is 1. The summed E-state index contributed by atoms with van der Waals surface area (Å²) in [6, 6.07) is 16.9. The molecule has 0 atom stereocenters. The fourth-order valence-corrected chi connectivity index (χ4v) is 3.20. The molecule has 0 bridgehead atoms. The van der Waals surface area contributed by atoms with E-state index in [1.807, 2.05) is 19.1 Å². The van der Waals surface area contributed by atoms with E-state index in [-0.39, 0.29) is 17.1 Å². The van der Waals surface area contributed by atoms with Gasteiger partial charge in [-0.15, -0.1) is 0 Å². The first-order valence-electron chi connectivity index (χ1n) is 9.82. The van der Waals surface area contributed by atoms with Crippen molar-refractivity contribution >= 4 is 22.6 Å². The average Bonchev–Trinajstić information content (AvgIpc) is 2.81. The Balaban J connectivity index is 1.52. The Morgan fingerprint density at radius 1 is 0.875 bits per heavy atom. The van der Waals surface area contributed by atoms with Crippen molar-refractivity contribution < 1.29 is 23.4 Å². The minimum atomic E-state index is -0.303. The number of aryl methyl sites for hydroxylation is 1. The van der Waals surface area contributed by atoms with Gasteiger partial charge in [0.25, 0.3) is 5.91 Å². The molecule has 32 heavy (non-hydrogen) atoms. The number of nitrogens with one attached hydrogen (secondary N) is 1. The Morgan fingerprint density at radius 3 is 2.34 bits per heavy atom. The minimum absolute atomic E-state index is 0.0457. The van der Waals surface area contributed by atoms with Crippen LogP contribution in [0.4, 0.5) is 5.69 Å². The molecule has 0 radical (unpaired) electrons. The van der Waals surface area contributed by atoms with Gasteiger partial charge >= 0.3 is 0 Å². The van der Waals surface area contributed by atoms with E-state index in [1.54, 1.807) is 55.6 Å². The maximum atomic E-state index is 12.7. The van der Waals surface area contributed by atoms with Crippen molar-refractivity contribution in [2.45, 2.75) is 6.92 Å². The summed E-state index contributed by atoms with van der Waals surface area (Å²) in [7, 11) is 3.09. The van der Waals surface area contributed by atoms with Crippen molar-refractivity contribution in [2.24, 2.45) is 0 Å². The number of methoxy groups -OCH3 is 2. The van der Waals surface area contributed by atoms with Gasteiger partial charge in [0.15, 0.2) is 0 Å². The van der Waals surface area contributed by atoms with Crippen LogP contribution in [0.1, 0.15) is 15.9 Å². The fraction of sp³-hybridized carbons (Fsp3) is 0.120. The second-order valence-electron chi connectivity index (χ2n) is 7.08. The van der Waals surface area contributed by atoms with Crippen LogP contribution in [0.15, 0.2) is 76.1 Å². The number of ether oxygens (including phenoxy) is 3. The Bertz CT molecular complexity index is 1340. The summed E-state index contributed by atoms with van der Waals surface area (Å²) in [5.74, 6) is 1.31. The molecule has 0 aliphatic rings. The number of hydrogen-bond donors (Lipinski definition) is 1. The summed E-state index contributed by atoms with van der Waals surface area (Å²) in [6.07, 6.45) is 1.26. The molecule has 0 aliphatic carbocycles. The molecule has 3 aromatic carbocycles. The van der Waals surface area contributed by atoms with Gasteiger partial charge in [0, 0.05) is 11.6 Å². The van der Waals surface area contributed by atoms with Crippen LogP contribution in [-0.4, -0.2) is 20.1 Å². The van der Waals surface area contributed by atoms with Gasteiger partial charge in [0.1, 0.15) is 29.1 Å². The van der Waals surface area contributed by atoms with Gasteiger partial charge in [-0.3, -0.25) is 9.59 Å². The molecule has 4 rings (SSSR count). The van der Waals surface area contributed by atoms with Crippen LogP contribution < -0.4 is 25.0 Å². The van der Waals surface area contributed by atoms with E-state index in [2.05, 4.69) is 5.32 Å². The number of benzene rings is 3. The number of fused-ring (bicyclic) bond motifs is 1. The molecular formula is C25H21NO6. The number of anilines is 1. The molecule has 0 fully saturated rings. The SMILES string of the molecule is COc1ccc2c(=O)c(Oc3ccc(C(=O)Nc4cc(C)ccc4OC)cc3)coc2c1. The predicted molar refractivity (Wildman–Crippen MR) is 121 cm³/mol. The lowest BCUT2D eigenvalue weighted by molar-refractivity contribution is 0.102. The smallest absolute Gasteiger partial charge is 0.255 e.